The molecule has 0 fully saturated rings. The van der Waals surface area contributed by atoms with Gasteiger partial charge in [0.2, 0.25) is 0 Å². The van der Waals surface area contributed by atoms with Crippen LogP contribution in [0.1, 0.15) is 44.5 Å². The first-order valence-corrected chi connectivity index (χ1v) is 43.8. The fourth-order valence-electron chi connectivity index (χ4n) is 20.5. The van der Waals surface area contributed by atoms with Crippen molar-refractivity contribution in [2.75, 3.05) is 0 Å². The lowest BCUT2D eigenvalue weighted by Crippen LogP contribution is -2.28. The van der Waals surface area contributed by atoms with Crippen molar-refractivity contribution in [1.29, 1.82) is 0 Å². The topological polar surface area (TPSA) is 77.3 Å². The lowest BCUT2D eigenvalue weighted by Gasteiger charge is -2.34. The zero-order valence-corrected chi connectivity index (χ0v) is 69.7. The van der Waals surface area contributed by atoms with E-state index in [1.807, 2.05) is 30.3 Å². The Morgan fingerprint density at radius 3 is 0.789 bits per heavy atom. The van der Waals surface area contributed by atoms with E-state index in [4.69, 9.17) is 29.9 Å². The summed E-state index contributed by atoms with van der Waals surface area (Å²) in [7, 11) is 0. The minimum Gasteiger partial charge on any atom is -0.247 e. The average molecular weight is 1630 g/mol. The fourth-order valence-corrected chi connectivity index (χ4v) is 20.5. The third kappa shape index (κ3) is 12.5. The number of para-hydroxylation sites is 4. The van der Waals surface area contributed by atoms with Crippen LogP contribution in [0.3, 0.4) is 0 Å². The predicted molar refractivity (Wildman–Crippen MR) is 528 cm³/mol. The maximum absolute atomic E-state index is 5.48. The van der Waals surface area contributed by atoms with Crippen LogP contribution in [-0.2, 0) is 10.8 Å². The molecule has 6 heteroatoms. The molecule has 0 saturated carbocycles. The Labute approximate surface area is 741 Å². The molecule has 0 spiro atoms. The quantitative estimate of drug-likeness (QED) is 0.107. The van der Waals surface area contributed by atoms with E-state index in [1.165, 1.54) is 88.7 Å². The first-order chi connectivity index (χ1) is 63.4. The third-order valence-corrected chi connectivity index (χ3v) is 26.3. The highest BCUT2D eigenvalue weighted by Crippen LogP contribution is 2.60. The molecule has 128 heavy (non-hydrogen) atoms. The molecule has 0 saturated heterocycles. The standard InChI is InChI=1S/C64H41N3.C58H37N3/c1-4-18-42(19-5-1)43-34-36-44(37-35-43)61-53-30-12-15-33-60(53)66-63(67-61)48-23-17-21-46(39-48)45-20-16-22-47(38-45)62-56-40-55-51-28-10-13-31-57(51)64(49-24-6-2-7-25-49,50-26-8-3-9-27-50)58(55)41-54(56)52-29-11-14-32-59(52)65-62;1-4-18-38(19-5-1)55-47-30-12-15-33-54(47)60-57(61-55)42-23-17-21-40(35-42)39-20-16-22-41(34-39)56-50-36-49-45-28-10-13-31-51(45)58(43-24-6-2-7-25-43,44-26-8-3-9-27-44)52(49)37-48(50)46-29-11-14-32-53(46)59-56/h1-41H;1-37H. The van der Waals surface area contributed by atoms with Gasteiger partial charge >= 0.3 is 0 Å². The highest BCUT2D eigenvalue weighted by molar-refractivity contribution is 6.16. The average Bonchev–Trinajstić information content (AvgIpc) is 1.53. The summed E-state index contributed by atoms with van der Waals surface area (Å²) in [5, 5.41) is 8.99. The summed E-state index contributed by atoms with van der Waals surface area (Å²) in [4.78, 5) is 31.6. The molecule has 0 unspecified atom stereocenters. The van der Waals surface area contributed by atoms with Crippen LogP contribution in [0.2, 0.25) is 0 Å². The van der Waals surface area contributed by atoms with Crippen molar-refractivity contribution < 1.29 is 0 Å². The molecule has 0 aliphatic heterocycles. The van der Waals surface area contributed by atoms with Gasteiger partial charge in [0.15, 0.2) is 11.6 Å². The first-order valence-electron chi connectivity index (χ1n) is 43.8. The maximum atomic E-state index is 5.48. The second-order valence-electron chi connectivity index (χ2n) is 33.4. The second kappa shape index (κ2) is 31.2. The molecule has 23 aromatic rings. The number of rotatable bonds is 13. The molecule has 25 rings (SSSR count). The molecule has 6 nitrogen and oxygen atoms in total. The van der Waals surface area contributed by atoms with E-state index in [-0.39, 0.29) is 0 Å². The van der Waals surface area contributed by atoms with Crippen molar-refractivity contribution in [1.82, 2.24) is 29.9 Å². The van der Waals surface area contributed by atoms with E-state index in [0.717, 1.165) is 133 Å². The van der Waals surface area contributed by atoms with Crippen molar-refractivity contribution in [2.24, 2.45) is 0 Å². The SMILES string of the molecule is c1ccc(-c2ccc(-c3nc(-c4cccc(-c5cccc(-c6nc7ccccc7c7cc8c(cc67)-c6ccccc6C8(c6ccccc6)c6ccccc6)c5)c4)nc4ccccc34)cc2)cc1.c1ccc(-c2nc(-c3cccc(-c4cccc(-c5nc6ccccc6c6cc7c(cc56)-c5ccccc5C7(c5ccccc5)c5ccccc5)c4)c3)nc3ccccc23)cc1. The van der Waals surface area contributed by atoms with Gasteiger partial charge in [0, 0.05) is 65.7 Å². The molecule has 2 aliphatic carbocycles. The number of fused-ring (bicyclic) bond motifs is 14. The van der Waals surface area contributed by atoms with Gasteiger partial charge in [0.05, 0.1) is 55.7 Å². The van der Waals surface area contributed by atoms with Crippen molar-refractivity contribution in [2.45, 2.75) is 10.8 Å². The molecule has 2 aliphatic rings. The molecule has 0 N–H and O–H groups in total. The summed E-state index contributed by atoms with van der Waals surface area (Å²) in [6.07, 6.45) is 0. The third-order valence-electron chi connectivity index (χ3n) is 26.3. The Balaban J connectivity index is 0.000000143. The minimum absolute atomic E-state index is 0.491. The van der Waals surface area contributed by atoms with Crippen LogP contribution >= 0.6 is 0 Å². The highest BCUT2D eigenvalue weighted by Gasteiger charge is 2.48. The van der Waals surface area contributed by atoms with Gasteiger partial charge in [-0.1, -0.05) is 400 Å². The summed E-state index contributed by atoms with van der Waals surface area (Å²) < 4.78 is 0. The van der Waals surface area contributed by atoms with E-state index in [0.29, 0.717) is 11.6 Å². The predicted octanol–water partition coefficient (Wildman–Crippen LogP) is 30.4. The molecule has 19 aromatic carbocycles. The lowest BCUT2D eigenvalue weighted by atomic mass is 9.67. The molecular weight excluding hydrogens is 1550 g/mol. The number of aromatic nitrogens is 6. The first kappa shape index (κ1) is 75.0. The molecule has 4 aromatic heterocycles. The number of benzene rings is 19. The van der Waals surface area contributed by atoms with Gasteiger partial charge in [-0.05, 0) is 184 Å². The monoisotopic (exact) mass is 1630 g/mol. The van der Waals surface area contributed by atoms with Gasteiger partial charge in [-0.2, -0.15) is 0 Å². The van der Waals surface area contributed by atoms with E-state index >= 15 is 0 Å². The van der Waals surface area contributed by atoms with Crippen LogP contribution in [0.15, 0.2) is 473 Å². The number of nitrogens with zero attached hydrogens (tertiary/aromatic N) is 6. The van der Waals surface area contributed by atoms with Crippen LogP contribution < -0.4 is 0 Å². The van der Waals surface area contributed by atoms with E-state index < -0.39 is 10.8 Å². The van der Waals surface area contributed by atoms with Crippen molar-refractivity contribution >= 4 is 65.2 Å². The number of hydrogen-bond acceptors (Lipinski definition) is 6. The Kier molecular flexibility index (Phi) is 18.3. The Hall–Kier alpha value is -16.8. The summed E-state index contributed by atoms with van der Waals surface area (Å²) in [6, 6.07) is 170. The Morgan fingerprint density at radius 1 is 0.133 bits per heavy atom. The van der Waals surface area contributed by atoms with E-state index in [2.05, 4.69) is 443 Å². The number of pyridine rings is 2. The Bertz CT molecular complexity index is 8210. The summed E-state index contributed by atoms with van der Waals surface area (Å²) in [5.74, 6) is 1.39. The van der Waals surface area contributed by atoms with Crippen LogP contribution in [0.5, 0.6) is 0 Å². The van der Waals surface area contributed by atoms with Crippen LogP contribution in [-0.4, -0.2) is 29.9 Å². The lowest BCUT2D eigenvalue weighted by molar-refractivity contribution is 0.769. The molecule has 0 bridgehead atoms. The second-order valence-corrected chi connectivity index (χ2v) is 33.4. The zero-order valence-electron chi connectivity index (χ0n) is 69.7. The van der Waals surface area contributed by atoms with Gasteiger partial charge in [-0.15, -0.1) is 0 Å². The van der Waals surface area contributed by atoms with E-state index in [9.17, 15) is 0 Å². The maximum Gasteiger partial charge on any atom is 0.160 e. The molecular formula is C122H78N6. The minimum atomic E-state index is -0.499. The summed E-state index contributed by atoms with van der Waals surface area (Å²) in [5.41, 5.74) is 34.6. The van der Waals surface area contributed by atoms with Crippen molar-refractivity contribution in [3.05, 3.63) is 518 Å². The number of hydrogen-bond donors (Lipinski definition) is 0. The van der Waals surface area contributed by atoms with Crippen molar-refractivity contribution in [3.8, 4) is 123 Å². The van der Waals surface area contributed by atoms with Crippen molar-refractivity contribution in [3.63, 3.8) is 0 Å². The smallest absolute Gasteiger partial charge is 0.160 e. The van der Waals surface area contributed by atoms with Crippen LogP contribution in [0, 0.1) is 0 Å². The highest BCUT2D eigenvalue weighted by atomic mass is 14.9. The summed E-state index contributed by atoms with van der Waals surface area (Å²) >= 11 is 0. The van der Waals surface area contributed by atoms with E-state index in [1.54, 1.807) is 0 Å². The zero-order chi connectivity index (χ0) is 84.6. The van der Waals surface area contributed by atoms with Gasteiger partial charge in [0.1, 0.15) is 0 Å². The van der Waals surface area contributed by atoms with Gasteiger partial charge in [-0.25, -0.2) is 29.9 Å². The molecule has 596 valence electrons. The fraction of sp³-hybridized carbons (Fsp3) is 0.0164. The molecule has 0 atom stereocenters. The van der Waals surface area contributed by atoms with Gasteiger partial charge in [0.25, 0.3) is 0 Å². The molecule has 4 heterocycles. The van der Waals surface area contributed by atoms with Crippen LogP contribution in [0.4, 0.5) is 0 Å². The molecule has 0 amide bonds. The van der Waals surface area contributed by atoms with Gasteiger partial charge < -0.3 is 0 Å². The largest absolute Gasteiger partial charge is 0.247 e. The van der Waals surface area contributed by atoms with Crippen LogP contribution in [0.25, 0.3) is 189 Å². The summed E-state index contributed by atoms with van der Waals surface area (Å²) in [6.45, 7) is 0. The Morgan fingerprint density at radius 2 is 0.398 bits per heavy atom. The van der Waals surface area contributed by atoms with Gasteiger partial charge in [-0.3, -0.25) is 0 Å². The normalized spacial score (nSPS) is 12.7. The molecule has 0 radical (unpaired) electrons.